The number of amides is 1. The number of rotatable bonds is 4. The summed E-state index contributed by atoms with van der Waals surface area (Å²) in [5.74, 6) is 0.316. The van der Waals surface area contributed by atoms with Gasteiger partial charge in [0.05, 0.1) is 12.0 Å². The minimum Gasteiger partial charge on any atom is -0.466 e. The summed E-state index contributed by atoms with van der Waals surface area (Å²) in [7, 11) is 1.76. The molecule has 29 heavy (non-hydrogen) atoms. The van der Waals surface area contributed by atoms with Crippen molar-refractivity contribution in [3.8, 4) is 0 Å². The molecule has 2 aromatic heterocycles. The van der Waals surface area contributed by atoms with E-state index in [-0.39, 0.29) is 17.8 Å². The maximum absolute atomic E-state index is 13.1. The first kappa shape index (κ1) is 19.4. The predicted molar refractivity (Wildman–Crippen MR) is 105 cm³/mol. The van der Waals surface area contributed by atoms with Gasteiger partial charge in [-0.2, -0.15) is 5.10 Å². The van der Waals surface area contributed by atoms with Crippen molar-refractivity contribution in [1.29, 1.82) is 0 Å². The third-order valence-corrected chi connectivity index (χ3v) is 6.03. The lowest BCUT2D eigenvalue weighted by atomic mass is 9.75. The molecule has 9 heteroatoms. The molecule has 4 rings (SSSR count). The highest BCUT2D eigenvalue weighted by Gasteiger charge is 2.55. The number of ether oxygens (including phenoxy) is 1. The van der Waals surface area contributed by atoms with E-state index in [4.69, 9.17) is 4.74 Å². The normalized spacial score (nSPS) is 24.1. The zero-order valence-electron chi connectivity index (χ0n) is 16.8. The summed E-state index contributed by atoms with van der Waals surface area (Å²) in [6.45, 7) is 4.39. The van der Waals surface area contributed by atoms with Crippen LogP contribution in [0.4, 0.5) is 5.95 Å². The number of esters is 1. The molecule has 0 radical (unpaired) electrons. The van der Waals surface area contributed by atoms with E-state index in [1.54, 1.807) is 42.5 Å². The number of fused-ring (bicyclic) bond motifs is 1. The zero-order valence-corrected chi connectivity index (χ0v) is 16.8. The molecule has 0 aromatic carbocycles. The number of likely N-dealkylation sites (tertiary alicyclic amines) is 1. The Labute approximate surface area is 169 Å². The summed E-state index contributed by atoms with van der Waals surface area (Å²) in [6, 6.07) is 3.50. The van der Waals surface area contributed by atoms with Crippen molar-refractivity contribution in [2.24, 2.45) is 18.4 Å². The molecule has 4 heterocycles. The summed E-state index contributed by atoms with van der Waals surface area (Å²) in [6.07, 6.45) is 6.44. The van der Waals surface area contributed by atoms with Crippen molar-refractivity contribution < 1.29 is 14.3 Å². The lowest BCUT2D eigenvalue weighted by molar-refractivity contribution is -0.157. The zero-order chi connectivity index (χ0) is 20.4. The lowest BCUT2D eigenvalue weighted by Crippen LogP contribution is -2.43. The Morgan fingerprint density at radius 1 is 1.24 bits per heavy atom. The van der Waals surface area contributed by atoms with Crippen molar-refractivity contribution in [2.75, 3.05) is 37.7 Å². The second-order valence-electron chi connectivity index (χ2n) is 7.70. The number of hydrogen-bond acceptors (Lipinski definition) is 7. The maximum Gasteiger partial charge on any atom is 0.314 e. The highest BCUT2D eigenvalue weighted by molar-refractivity contribution is 5.92. The molecule has 9 nitrogen and oxygen atoms in total. The topological polar surface area (TPSA) is 93.5 Å². The van der Waals surface area contributed by atoms with Gasteiger partial charge in [-0.3, -0.25) is 14.3 Å². The summed E-state index contributed by atoms with van der Waals surface area (Å²) in [5, 5.41) is 4.11. The van der Waals surface area contributed by atoms with Crippen molar-refractivity contribution >= 4 is 17.8 Å². The second kappa shape index (κ2) is 7.81. The van der Waals surface area contributed by atoms with Crippen molar-refractivity contribution in [3.63, 3.8) is 0 Å². The SMILES string of the molecule is CCOC(=O)[C@]12CCCN(C(=O)c3ccnn3C)C[C@H]1CN(c1ncccn1)C2. The van der Waals surface area contributed by atoms with Gasteiger partial charge in [-0.05, 0) is 31.9 Å². The van der Waals surface area contributed by atoms with E-state index in [2.05, 4.69) is 15.1 Å². The number of carbonyl (C=O) groups excluding carboxylic acids is 2. The Hall–Kier alpha value is -2.97. The minimum atomic E-state index is -0.656. The van der Waals surface area contributed by atoms with Crippen LogP contribution in [0.1, 0.15) is 30.3 Å². The average molecular weight is 398 g/mol. The molecule has 0 N–H and O–H groups in total. The second-order valence-corrected chi connectivity index (χ2v) is 7.70. The van der Waals surface area contributed by atoms with Crippen molar-refractivity contribution in [3.05, 3.63) is 36.4 Å². The smallest absolute Gasteiger partial charge is 0.314 e. The molecule has 2 aliphatic heterocycles. The number of carbonyl (C=O) groups is 2. The van der Waals surface area contributed by atoms with E-state index < -0.39 is 5.41 Å². The molecule has 1 amide bonds. The van der Waals surface area contributed by atoms with Gasteiger partial charge in [0.15, 0.2) is 0 Å². The van der Waals surface area contributed by atoms with E-state index in [1.165, 1.54) is 0 Å². The molecule has 0 spiro atoms. The quantitative estimate of drug-likeness (QED) is 0.713. The molecule has 2 atom stereocenters. The monoisotopic (exact) mass is 398 g/mol. The first-order chi connectivity index (χ1) is 14.0. The Balaban J connectivity index is 1.63. The highest BCUT2D eigenvalue weighted by atomic mass is 16.5. The van der Waals surface area contributed by atoms with Crippen LogP contribution in [0.5, 0.6) is 0 Å². The van der Waals surface area contributed by atoms with Gasteiger partial charge in [0.2, 0.25) is 5.95 Å². The minimum absolute atomic E-state index is 0.0509. The number of anilines is 1. The number of aromatic nitrogens is 4. The van der Waals surface area contributed by atoms with E-state index in [0.29, 0.717) is 50.8 Å². The Morgan fingerprint density at radius 3 is 2.72 bits per heavy atom. The third-order valence-electron chi connectivity index (χ3n) is 6.03. The van der Waals surface area contributed by atoms with Crippen LogP contribution in [0.2, 0.25) is 0 Å². The third kappa shape index (κ3) is 3.45. The van der Waals surface area contributed by atoms with Crippen LogP contribution in [-0.4, -0.2) is 69.3 Å². The molecular formula is C20H26N6O3. The van der Waals surface area contributed by atoms with E-state index in [0.717, 1.165) is 6.42 Å². The summed E-state index contributed by atoms with van der Waals surface area (Å²) >= 11 is 0. The summed E-state index contributed by atoms with van der Waals surface area (Å²) in [5.41, 5.74) is -0.105. The van der Waals surface area contributed by atoms with Crippen LogP contribution in [0.25, 0.3) is 0 Å². The first-order valence-electron chi connectivity index (χ1n) is 10.0. The fourth-order valence-electron chi connectivity index (χ4n) is 4.58. The molecule has 0 aliphatic carbocycles. The molecule has 2 aliphatic rings. The molecule has 0 bridgehead atoms. The summed E-state index contributed by atoms with van der Waals surface area (Å²) < 4.78 is 7.08. The van der Waals surface area contributed by atoms with Gasteiger partial charge in [0, 0.05) is 57.7 Å². The van der Waals surface area contributed by atoms with Gasteiger partial charge in [-0.15, -0.1) is 0 Å². The van der Waals surface area contributed by atoms with Crippen LogP contribution in [0.3, 0.4) is 0 Å². The largest absolute Gasteiger partial charge is 0.466 e. The molecule has 0 unspecified atom stereocenters. The molecular weight excluding hydrogens is 372 g/mol. The molecule has 2 fully saturated rings. The van der Waals surface area contributed by atoms with Gasteiger partial charge in [0.1, 0.15) is 5.69 Å². The van der Waals surface area contributed by atoms with Gasteiger partial charge in [-0.25, -0.2) is 9.97 Å². The number of aryl methyl sites for hydroxylation is 1. The molecule has 154 valence electrons. The van der Waals surface area contributed by atoms with E-state index >= 15 is 0 Å². The fourth-order valence-corrected chi connectivity index (χ4v) is 4.58. The van der Waals surface area contributed by atoms with Crippen LogP contribution < -0.4 is 4.90 Å². The van der Waals surface area contributed by atoms with Gasteiger partial charge >= 0.3 is 5.97 Å². The van der Waals surface area contributed by atoms with Crippen LogP contribution >= 0.6 is 0 Å². The highest BCUT2D eigenvalue weighted by Crippen LogP contribution is 2.44. The molecule has 2 aromatic rings. The van der Waals surface area contributed by atoms with Crippen molar-refractivity contribution in [2.45, 2.75) is 19.8 Å². The Morgan fingerprint density at radius 2 is 2.03 bits per heavy atom. The lowest BCUT2D eigenvalue weighted by Gasteiger charge is -2.31. The number of nitrogens with zero attached hydrogens (tertiary/aromatic N) is 6. The molecule has 0 saturated carbocycles. The molecule has 2 saturated heterocycles. The summed E-state index contributed by atoms with van der Waals surface area (Å²) in [4.78, 5) is 38.8. The van der Waals surface area contributed by atoms with Gasteiger partial charge < -0.3 is 14.5 Å². The Kier molecular flexibility index (Phi) is 5.21. The van der Waals surface area contributed by atoms with Crippen LogP contribution in [0.15, 0.2) is 30.7 Å². The van der Waals surface area contributed by atoms with E-state index in [9.17, 15) is 9.59 Å². The standard InChI is InChI=1S/C20H26N6O3/c1-3-29-18(28)20-7-4-11-25(17(27)16-6-10-23-24(16)2)12-15(20)13-26(14-20)19-21-8-5-9-22-19/h5-6,8-10,15H,3-4,7,11-14H2,1-2H3/t15-,20-/m0/s1. The average Bonchev–Trinajstić information content (AvgIpc) is 3.27. The first-order valence-corrected chi connectivity index (χ1v) is 10.0. The van der Waals surface area contributed by atoms with Gasteiger partial charge in [0.25, 0.3) is 5.91 Å². The van der Waals surface area contributed by atoms with Gasteiger partial charge in [-0.1, -0.05) is 0 Å². The number of hydrogen-bond donors (Lipinski definition) is 0. The van der Waals surface area contributed by atoms with E-state index in [1.807, 2.05) is 16.7 Å². The van der Waals surface area contributed by atoms with Crippen molar-refractivity contribution in [1.82, 2.24) is 24.6 Å². The fraction of sp³-hybridized carbons (Fsp3) is 0.550. The predicted octanol–water partition coefficient (Wildman–Crippen LogP) is 1.13. The Bertz CT molecular complexity index is 885. The van der Waals surface area contributed by atoms with Crippen LogP contribution in [-0.2, 0) is 16.6 Å². The van der Waals surface area contributed by atoms with Crippen LogP contribution in [0, 0.1) is 11.3 Å². The maximum atomic E-state index is 13.1.